The third-order valence-corrected chi connectivity index (χ3v) is 2.99. The van der Waals surface area contributed by atoms with Gasteiger partial charge in [0.2, 0.25) is 0 Å². The second kappa shape index (κ2) is 5.10. The molecule has 0 saturated carbocycles. The van der Waals surface area contributed by atoms with Gasteiger partial charge in [-0.2, -0.15) is 0 Å². The number of hydrogen-bond acceptors (Lipinski definition) is 3. The normalized spacial score (nSPS) is 10.3. The van der Waals surface area contributed by atoms with E-state index in [0.717, 1.165) is 5.56 Å². The van der Waals surface area contributed by atoms with Crippen LogP contribution in [0.3, 0.4) is 0 Å². The molecule has 4 heteroatoms. The Bertz CT molecular complexity index is 638. The van der Waals surface area contributed by atoms with Crippen LogP contribution in [0.15, 0.2) is 36.4 Å². The summed E-state index contributed by atoms with van der Waals surface area (Å²) in [6.07, 6.45) is 0. The number of ketones is 1. The summed E-state index contributed by atoms with van der Waals surface area (Å²) in [5, 5.41) is 0. The van der Waals surface area contributed by atoms with E-state index in [1.165, 1.54) is 19.2 Å². The number of hydrogen-bond donors (Lipinski definition) is 1. The number of nitrogen functional groups attached to an aromatic ring is 1. The van der Waals surface area contributed by atoms with Crippen molar-refractivity contribution in [2.75, 3.05) is 12.8 Å². The Morgan fingerprint density at radius 1 is 1.21 bits per heavy atom. The standard InChI is InChI=1S/C15H14FNO2/c1-9-4-3-5-12(14(9)17)15(18)11-7-6-10(19-2)8-13(11)16/h3-8H,17H2,1-2H3. The van der Waals surface area contributed by atoms with Gasteiger partial charge in [-0.25, -0.2) is 4.39 Å². The number of carbonyl (C=O) groups excluding carboxylic acids is 1. The number of anilines is 1. The Morgan fingerprint density at radius 2 is 1.95 bits per heavy atom. The van der Waals surface area contributed by atoms with Gasteiger partial charge in [-0.3, -0.25) is 4.79 Å². The van der Waals surface area contributed by atoms with Crippen molar-refractivity contribution >= 4 is 11.5 Å². The summed E-state index contributed by atoms with van der Waals surface area (Å²) >= 11 is 0. The van der Waals surface area contributed by atoms with Gasteiger partial charge < -0.3 is 10.5 Å². The lowest BCUT2D eigenvalue weighted by Gasteiger charge is -2.09. The lowest BCUT2D eigenvalue weighted by atomic mass is 9.99. The van der Waals surface area contributed by atoms with Gasteiger partial charge >= 0.3 is 0 Å². The minimum atomic E-state index is -0.620. The number of carbonyl (C=O) groups is 1. The Labute approximate surface area is 110 Å². The minimum absolute atomic E-state index is 0.0156. The number of para-hydroxylation sites is 1. The van der Waals surface area contributed by atoms with Crippen LogP contribution in [-0.2, 0) is 0 Å². The van der Waals surface area contributed by atoms with Gasteiger partial charge in [0.25, 0.3) is 0 Å². The number of rotatable bonds is 3. The Balaban J connectivity index is 2.47. The van der Waals surface area contributed by atoms with E-state index in [1.807, 2.05) is 0 Å². The fraction of sp³-hybridized carbons (Fsp3) is 0.133. The Morgan fingerprint density at radius 3 is 2.58 bits per heavy atom. The molecule has 19 heavy (non-hydrogen) atoms. The molecular weight excluding hydrogens is 245 g/mol. The third kappa shape index (κ3) is 2.42. The number of halogens is 1. The van der Waals surface area contributed by atoms with Crippen molar-refractivity contribution in [3.8, 4) is 5.75 Å². The first-order valence-corrected chi connectivity index (χ1v) is 5.78. The predicted octanol–water partition coefficient (Wildman–Crippen LogP) is 2.96. The number of ether oxygens (including phenoxy) is 1. The van der Waals surface area contributed by atoms with Gasteiger partial charge in [0.1, 0.15) is 11.6 Å². The monoisotopic (exact) mass is 259 g/mol. The molecule has 0 atom stereocenters. The molecule has 0 amide bonds. The first kappa shape index (κ1) is 13.1. The number of methoxy groups -OCH3 is 1. The zero-order valence-corrected chi connectivity index (χ0v) is 10.7. The van der Waals surface area contributed by atoms with E-state index in [1.54, 1.807) is 31.2 Å². The summed E-state index contributed by atoms with van der Waals surface area (Å²) in [5.41, 5.74) is 7.32. The molecular formula is C15H14FNO2. The molecule has 0 bridgehead atoms. The molecule has 0 spiro atoms. The summed E-state index contributed by atoms with van der Waals surface area (Å²) in [7, 11) is 1.44. The predicted molar refractivity (Wildman–Crippen MR) is 72.0 cm³/mol. The molecule has 98 valence electrons. The smallest absolute Gasteiger partial charge is 0.198 e. The van der Waals surface area contributed by atoms with E-state index >= 15 is 0 Å². The van der Waals surface area contributed by atoms with Gasteiger partial charge in [0, 0.05) is 17.3 Å². The fourth-order valence-electron chi connectivity index (χ4n) is 1.83. The highest BCUT2D eigenvalue weighted by atomic mass is 19.1. The zero-order chi connectivity index (χ0) is 14.0. The Hall–Kier alpha value is -2.36. The average Bonchev–Trinajstić information content (AvgIpc) is 2.41. The van der Waals surface area contributed by atoms with E-state index in [2.05, 4.69) is 0 Å². The summed E-state index contributed by atoms with van der Waals surface area (Å²) in [6, 6.07) is 9.24. The first-order chi connectivity index (χ1) is 9.04. The highest BCUT2D eigenvalue weighted by Crippen LogP contribution is 2.23. The van der Waals surface area contributed by atoms with E-state index in [9.17, 15) is 9.18 Å². The van der Waals surface area contributed by atoms with E-state index in [4.69, 9.17) is 10.5 Å². The maximum Gasteiger partial charge on any atom is 0.198 e. The van der Waals surface area contributed by atoms with Crippen molar-refractivity contribution in [3.63, 3.8) is 0 Å². The van der Waals surface area contributed by atoms with Crippen LogP contribution in [0.2, 0.25) is 0 Å². The molecule has 2 rings (SSSR count). The molecule has 0 aromatic heterocycles. The summed E-state index contributed by atoms with van der Waals surface area (Å²) in [5.74, 6) is -0.683. The largest absolute Gasteiger partial charge is 0.497 e. The molecule has 0 heterocycles. The molecule has 0 aliphatic heterocycles. The van der Waals surface area contributed by atoms with Crippen molar-refractivity contribution in [2.45, 2.75) is 6.92 Å². The van der Waals surface area contributed by atoms with Crippen LogP contribution in [0.4, 0.5) is 10.1 Å². The maximum atomic E-state index is 13.9. The second-order valence-electron chi connectivity index (χ2n) is 4.21. The number of aryl methyl sites for hydroxylation is 1. The quantitative estimate of drug-likeness (QED) is 0.681. The van der Waals surface area contributed by atoms with Crippen LogP contribution >= 0.6 is 0 Å². The van der Waals surface area contributed by atoms with E-state index in [-0.39, 0.29) is 5.56 Å². The average molecular weight is 259 g/mol. The summed E-state index contributed by atoms with van der Waals surface area (Å²) in [4.78, 5) is 12.3. The second-order valence-corrected chi connectivity index (χ2v) is 4.21. The lowest BCUT2D eigenvalue weighted by molar-refractivity contribution is 0.103. The van der Waals surface area contributed by atoms with Gasteiger partial charge in [-0.1, -0.05) is 12.1 Å². The molecule has 0 saturated heterocycles. The van der Waals surface area contributed by atoms with Gasteiger partial charge in [-0.05, 0) is 30.7 Å². The SMILES string of the molecule is COc1ccc(C(=O)c2cccc(C)c2N)c(F)c1. The van der Waals surface area contributed by atoms with E-state index < -0.39 is 11.6 Å². The highest BCUT2D eigenvalue weighted by molar-refractivity contribution is 6.12. The minimum Gasteiger partial charge on any atom is -0.497 e. The van der Waals surface area contributed by atoms with Crippen molar-refractivity contribution < 1.29 is 13.9 Å². The van der Waals surface area contributed by atoms with Crippen LogP contribution < -0.4 is 10.5 Å². The number of nitrogens with two attached hydrogens (primary N) is 1. The molecule has 0 fully saturated rings. The van der Waals surface area contributed by atoms with Gasteiger partial charge in [0.15, 0.2) is 5.78 Å². The van der Waals surface area contributed by atoms with E-state index in [0.29, 0.717) is 17.0 Å². The molecule has 0 radical (unpaired) electrons. The van der Waals surface area contributed by atoms with Gasteiger partial charge in [0.05, 0.1) is 12.7 Å². The topological polar surface area (TPSA) is 52.3 Å². The maximum absolute atomic E-state index is 13.9. The van der Waals surface area contributed by atoms with Crippen molar-refractivity contribution in [1.82, 2.24) is 0 Å². The van der Waals surface area contributed by atoms with Crippen LogP contribution in [0.25, 0.3) is 0 Å². The van der Waals surface area contributed by atoms with Crippen LogP contribution in [0, 0.1) is 12.7 Å². The lowest BCUT2D eigenvalue weighted by Crippen LogP contribution is -2.08. The molecule has 2 aromatic rings. The van der Waals surface area contributed by atoms with Gasteiger partial charge in [-0.15, -0.1) is 0 Å². The van der Waals surface area contributed by atoms with Crippen molar-refractivity contribution in [1.29, 1.82) is 0 Å². The zero-order valence-electron chi connectivity index (χ0n) is 10.7. The highest BCUT2D eigenvalue weighted by Gasteiger charge is 2.17. The summed E-state index contributed by atoms with van der Waals surface area (Å²) in [6.45, 7) is 1.80. The molecule has 0 aliphatic rings. The Kier molecular flexibility index (Phi) is 3.51. The molecule has 2 N–H and O–H groups in total. The van der Waals surface area contributed by atoms with Crippen LogP contribution in [0.1, 0.15) is 21.5 Å². The van der Waals surface area contributed by atoms with Crippen LogP contribution in [0.5, 0.6) is 5.75 Å². The number of benzene rings is 2. The molecule has 2 aromatic carbocycles. The summed E-state index contributed by atoms with van der Waals surface area (Å²) < 4.78 is 18.8. The molecule has 3 nitrogen and oxygen atoms in total. The third-order valence-electron chi connectivity index (χ3n) is 2.99. The molecule has 0 unspecified atom stereocenters. The first-order valence-electron chi connectivity index (χ1n) is 5.78. The van der Waals surface area contributed by atoms with Crippen molar-refractivity contribution in [3.05, 3.63) is 58.9 Å². The fourth-order valence-corrected chi connectivity index (χ4v) is 1.83. The van der Waals surface area contributed by atoms with Crippen LogP contribution in [-0.4, -0.2) is 12.9 Å². The molecule has 0 aliphatic carbocycles. The van der Waals surface area contributed by atoms with Crippen molar-refractivity contribution in [2.24, 2.45) is 0 Å².